The number of hydrogen-bond acceptors (Lipinski definition) is 0. The molecule has 3 heteroatoms. The van der Waals surface area contributed by atoms with Gasteiger partial charge < -0.3 is 0 Å². The van der Waals surface area contributed by atoms with Gasteiger partial charge in [0.2, 0.25) is 0 Å². The Hall–Kier alpha value is 1.38. The molecule has 0 aliphatic rings. The van der Waals surface area contributed by atoms with E-state index in [4.69, 9.17) is 19.4 Å². The molecule has 0 atom stereocenters. The minimum absolute atomic E-state index is 0. The molecule has 0 amide bonds. The van der Waals surface area contributed by atoms with E-state index in [0.29, 0.717) is 0 Å². The minimum atomic E-state index is 0. The largest absolute Gasteiger partial charge is 0.113 e. The molecular weight excluding hydrogens is 204 g/mol. The van der Waals surface area contributed by atoms with Crippen LogP contribution in [-0.4, -0.2) is 66.0 Å². The van der Waals surface area contributed by atoms with Crippen molar-refractivity contribution >= 4 is 83.1 Å². The van der Waals surface area contributed by atoms with Crippen molar-refractivity contribution in [3.8, 4) is 0 Å². The second kappa shape index (κ2) is 5.09. The van der Waals surface area contributed by atoms with E-state index in [1.54, 1.807) is 24.3 Å². The average Bonchev–Trinajstić information content (AvgIpc) is 1.77. The van der Waals surface area contributed by atoms with Gasteiger partial charge in [0.1, 0.15) is 7.85 Å². The van der Waals surface area contributed by atoms with Crippen LogP contribution < -0.4 is 5.46 Å². The van der Waals surface area contributed by atoms with Gasteiger partial charge in [-0.2, -0.15) is 0 Å². The fraction of sp³-hybridized carbons (Fsp3) is 0. The van der Waals surface area contributed by atoms with Gasteiger partial charge in [-0.1, -0.05) is 29.2 Å². The van der Waals surface area contributed by atoms with Gasteiger partial charge in [0, 0.05) is 63.2 Å². The molecular formula is C6H4BClRb. The van der Waals surface area contributed by atoms with Crippen LogP contribution in [0.3, 0.4) is 0 Å². The maximum atomic E-state index is 5.56. The average molecular weight is 208 g/mol. The summed E-state index contributed by atoms with van der Waals surface area (Å²) in [5, 5.41) is 0.721. The third kappa shape index (κ3) is 3.94. The van der Waals surface area contributed by atoms with Gasteiger partial charge in [-0.05, 0) is 12.1 Å². The molecule has 0 aliphatic heterocycles. The molecule has 0 heterocycles. The van der Waals surface area contributed by atoms with Gasteiger partial charge in [-0.3, -0.25) is 0 Å². The van der Waals surface area contributed by atoms with Crippen molar-refractivity contribution in [2.75, 3.05) is 0 Å². The molecule has 0 saturated carbocycles. The molecule has 0 aromatic heterocycles. The Morgan fingerprint density at radius 2 is 1.56 bits per heavy atom. The first-order valence-corrected chi connectivity index (χ1v) is 2.68. The summed E-state index contributed by atoms with van der Waals surface area (Å²) in [7, 11) is 5.37. The molecule has 0 nitrogen and oxygen atoms in total. The molecule has 0 N–H and O–H groups in total. The molecule has 0 aliphatic carbocycles. The topological polar surface area (TPSA) is 0 Å². The number of benzene rings is 1. The molecule has 0 spiro atoms. The van der Waals surface area contributed by atoms with Gasteiger partial charge in [-0.25, -0.2) is 0 Å². The van der Waals surface area contributed by atoms with E-state index in [1.165, 1.54) is 0 Å². The Labute approximate surface area is 110 Å². The summed E-state index contributed by atoms with van der Waals surface area (Å²) in [6, 6.07) is 7.05. The van der Waals surface area contributed by atoms with Gasteiger partial charge in [0.05, 0.1) is 0 Å². The monoisotopic (exact) mass is 207 g/mol. The second-order valence-corrected chi connectivity index (χ2v) is 1.99. The Balaban J connectivity index is 0.000000640. The SMILES string of the molecule is [B]c1ccc(Cl)cc1.[Rb]. The quantitative estimate of drug-likeness (QED) is 0.551. The predicted molar refractivity (Wildman–Crippen MR) is 42.6 cm³/mol. The van der Waals surface area contributed by atoms with Crippen LogP contribution in [0.1, 0.15) is 0 Å². The molecule has 3 radical (unpaired) electrons. The molecule has 39 valence electrons. The maximum absolute atomic E-state index is 5.56. The molecule has 1 aromatic carbocycles. The van der Waals surface area contributed by atoms with Gasteiger partial charge in [0.15, 0.2) is 0 Å². The number of hydrogen-bond donors (Lipinski definition) is 0. The van der Waals surface area contributed by atoms with Crippen LogP contribution in [0.5, 0.6) is 0 Å². The molecule has 9 heavy (non-hydrogen) atoms. The molecule has 0 saturated heterocycles. The summed E-state index contributed by atoms with van der Waals surface area (Å²) in [6.07, 6.45) is 0. The van der Waals surface area contributed by atoms with Crippen LogP contribution in [0.25, 0.3) is 0 Å². The van der Waals surface area contributed by atoms with Crippen LogP contribution in [0.4, 0.5) is 0 Å². The van der Waals surface area contributed by atoms with Crippen molar-refractivity contribution in [2.24, 2.45) is 0 Å². The van der Waals surface area contributed by atoms with E-state index < -0.39 is 0 Å². The second-order valence-electron chi connectivity index (χ2n) is 1.55. The van der Waals surface area contributed by atoms with E-state index >= 15 is 0 Å². The van der Waals surface area contributed by atoms with E-state index in [-0.39, 0.29) is 58.2 Å². The van der Waals surface area contributed by atoms with Gasteiger partial charge in [0.25, 0.3) is 0 Å². The zero-order chi connectivity index (χ0) is 5.98. The van der Waals surface area contributed by atoms with Crippen LogP contribution in [-0.2, 0) is 0 Å². The smallest absolute Gasteiger partial charge is 0.0966 e. The summed E-state index contributed by atoms with van der Waals surface area (Å²) in [5.41, 5.74) is 0.745. The van der Waals surface area contributed by atoms with Crippen molar-refractivity contribution in [3.05, 3.63) is 29.3 Å². The molecule has 0 fully saturated rings. The maximum Gasteiger partial charge on any atom is 0.113 e. The van der Waals surface area contributed by atoms with Crippen molar-refractivity contribution in [3.63, 3.8) is 0 Å². The van der Waals surface area contributed by atoms with E-state index in [1.807, 2.05) is 0 Å². The van der Waals surface area contributed by atoms with E-state index in [9.17, 15) is 0 Å². The fourth-order valence-electron chi connectivity index (χ4n) is 0.463. The first-order valence-electron chi connectivity index (χ1n) is 2.30. The third-order valence-corrected chi connectivity index (χ3v) is 1.12. The first-order chi connectivity index (χ1) is 3.79. The Morgan fingerprint density at radius 3 is 1.89 bits per heavy atom. The third-order valence-electron chi connectivity index (χ3n) is 0.870. The zero-order valence-electron chi connectivity index (χ0n) is 5.26. The van der Waals surface area contributed by atoms with Crippen molar-refractivity contribution in [1.82, 2.24) is 0 Å². The van der Waals surface area contributed by atoms with Crippen molar-refractivity contribution in [2.45, 2.75) is 0 Å². The molecule has 0 bridgehead atoms. The van der Waals surface area contributed by atoms with Crippen LogP contribution >= 0.6 is 11.6 Å². The Bertz CT molecular complexity index is 152. The predicted octanol–water partition coefficient (Wildman–Crippen LogP) is 0.753. The first kappa shape index (κ1) is 10.4. The standard InChI is InChI=1S/C6H4BCl.Rb/c7-5-1-3-6(8)4-2-5;/h1-4H;. The fourth-order valence-corrected chi connectivity index (χ4v) is 0.589. The minimum Gasteiger partial charge on any atom is -0.0966 e. The number of rotatable bonds is 0. The summed E-state index contributed by atoms with van der Waals surface area (Å²) in [6.45, 7) is 0. The Kier molecular flexibility index (Phi) is 5.87. The summed E-state index contributed by atoms with van der Waals surface area (Å²) >= 11 is 5.56. The normalized spacial score (nSPS) is 8.11. The van der Waals surface area contributed by atoms with E-state index in [0.717, 1.165) is 10.5 Å². The Morgan fingerprint density at radius 1 is 1.11 bits per heavy atom. The van der Waals surface area contributed by atoms with Crippen LogP contribution in [0.2, 0.25) is 5.02 Å². The zero-order valence-corrected chi connectivity index (χ0v) is 10.9. The summed E-state index contributed by atoms with van der Waals surface area (Å²) < 4.78 is 0. The number of halogens is 1. The van der Waals surface area contributed by atoms with Gasteiger partial charge in [-0.15, -0.1) is 0 Å². The van der Waals surface area contributed by atoms with E-state index in [2.05, 4.69) is 0 Å². The van der Waals surface area contributed by atoms with Crippen molar-refractivity contribution < 1.29 is 0 Å². The van der Waals surface area contributed by atoms with Crippen molar-refractivity contribution in [1.29, 1.82) is 0 Å². The molecule has 1 rings (SSSR count). The summed E-state index contributed by atoms with van der Waals surface area (Å²) in [5.74, 6) is 0. The molecule has 0 unspecified atom stereocenters. The molecule has 1 aromatic rings. The van der Waals surface area contributed by atoms with Crippen LogP contribution in [0.15, 0.2) is 24.3 Å². The van der Waals surface area contributed by atoms with Gasteiger partial charge >= 0.3 is 0 Å². The summed E-state index contributed by atoms with van der Waals surface area (Å²) in [4.78, 5) is 0. The van der Waals surface area contributed by atoms with Crippen LogP contribution in [0, 0.1) is 0 Å².